The minimum atomic E-state index is -0.355. The fourth-order valence-electron chi connectivity index (χ4n) is 1.75. The highest BCUT2D eigenvalue weighted by molar-refractivity contribution is 8.01. The number of thioether (sulfide) groups is 1. The van der Waals surface area contributed by atoms with Gasteiger partial charge in [-0.1, -0.05) is 0 Å². The molecule has 0 saturated carbocycles. The Bertz CT molecular complexity index is 523. The first-order valence-electron chi connectivity index (χ1n) is 7.95. The summed E-state index contributed by atoms with van der Waals surface area (Å²) in [6, 6.07) is 5.55. The molecule has 1 aromatic rings. The minimum absolute atomic E-state index is 0.0980. The number of carbonyl (C=O) groups is 2. The topological polar surface area (TPSA) is 67.4 Å². The number of carbonyl (C=O) groups excluding carboxylic acids is 2. The van der Waals surface area contributed by atoms with Crippen molar-refractivity contribution in [1.29, 1.82) is 0 Å². The van der Waals surface area contributed by atoms with E-state index in [1.165, 1.54) is 36.0 Å². The Kier molecular flexibility index (Phi) is 9.41. The molecule has 0 radical (unpaired) electrons. The maximum absolute atomic E-state index is 12.8. The molecule has 7 heteroatoms. The molecule has 0 bridgehead atoms. The summed E-state index contributed by atoms with van der Waals surface area (Å²) in [7, 11) is 0. The van der Waals surface area contributed by atoms with E-state index in [9.17, 15) is 14.0 Å². The summed E-state index contributed by atoms with van der Waals surface area (Å²) in [4.78, 5) is 23.7. The summed E-state index contributed by atoms with van der Waals surface area (Å²) in [6.45, 7) is 6.86. The van der Waals surface area contributed by atoms with Crippen molar-refractivity contribution in [2.45, 2.75) is 38.5 Å². The van der Waals surface area contributed by atoms with Gasteiger partial charge in [0.15, 0.2) is 0 Å². The van der Waals surface area contributed by atoms with Gasteiger partial charge in [0.2, 0.25) is 11.8 Å². The summed E-state index contributed by atoms with van der Waals surface area (Å²) in [5, 5.41) is 5.16. The number of anilines is 1. The molecule has 0 aliphatic heterocycles. The van der Waals surface area contributed by atoms with Crippen molar-refractivity contribution in [3.8, 4) is 0 Å². The van der Waals surface area contributed by atoms with E-state index in [1.54, 1.807) is 6.92 Å². The van der Waals surface area contributed by atoms with Gasteiger partial charge in [0.1, 0.15) is 5.82 Å². The Hall–Kier alpha value is -1.60. The predicted octanol–water partition coefficient (Wildman–Crippen LogP) is 2.82. The summed E-state index contributed by atoms with van der Waals surface area (Å²) < 4.78 is 18.2. The van der Waals surface area contributed by atoms with Crippen LogP contribution in [0, 0.1) is 5.82 Å². The van der Waals surface area contributed by atoms with Crippen molar-refractivity contribution >= 4 is 29.3 Å². The Morgan fingerprint density at radius 2 is 1.88 bits per heavy atom. The van der Waals surface area contributed by atoms with E-state index in [0.717, 1.165) is 6.42 Å². The molecular weight excluding hydrogens is 331 g/mol. The van der Waals surface area contributed by atoms with Gasteiger partial charge in [-0.2, -0.15) is 0 Å². The smallest absolute Gasteiger partial charge is 0.234 e. The first-order chi connectivity index (χ1) is 11.4. The first-order valence-corrected chi connectivity index (χ1v) is 8.99. The summed E-state index contributed by atoms with van der Waals surface area (Å²) >= 11 is 1.25. The Balaban J connectivity index is 2.19. The third kappa shape index (κ3) is 8.88. The van der Waals surface area contributed by atoms with E-state index < -0.39 is 0 Å². The normalized spacial score (nSPS) is 12.0. The second kappa shape index (κ2) is 11.0. The summed E-state index contributed by atoms with van der Waals surface area (Å²) in [6.07, 6.45) is 0.946. The van der Waals surface area contributed by atoms with Gasteiger partial charge in [0.25, 0.3) is 0 Å². The van der Waals surface area contributed by atoms with Crippen molar-refractivity contribution in [2.24, 2.45) is 0 Å². The highest BCUT2D eigenvalue weighted by atomic mass is 32.2. The SMILES string of the molecule is CC(C)OCCCNC(=O)C(C)SCC(=O)Nc1ccc(F)cc1. The van der Waals surface area contributed by atoms with E-state index in [-0.39, 0.29) is 34.7 Å². The van der Waals surface area contributed by atoms with Gasteiger partial charge in [-0.3, -0.25) is 9.59 Å². The molecule has 2 amide bonds. The van der Waals surface area contributed by atoms with Crippen LogP contribution in [0.15, 0.2) is 24.3 Å². The van der Waals surface area contributed by atoms with E-state index in [4.69, 9.17) is 4.74 Å². The van der Waals surface area contributed by atoms with Crippen LogP contribution in [0.5, 0.6) is 0 Å². The molecule has 1 atom stereocenters. The zero-order chi connectivity index (χ0) is 17.9. The maximum Gasteiger partial charge on any atom is 0.234 e. The molecule has 1 aromatic carbocycles. The summed E-state index contributed by atoms with van der Waals surface area (Å²) in [5.41, 5.74) is 0.532. The van der Waals surface area contributed by atoms with Crippen LogP contribution in [-0.2, 0) is 14.3 Å². The van der Waals surface area contributed by atoms with Crippen molar-refractivity contribution in [2.75, 3.05) is 24.2 Å². The van der Waals surface area contributed by atoms with Crippen LogP contribution in [0.2, 0.25) is 0 Å². The highest BCUT2D eigenvalue weighted by Gasteiger charge is 2.14. The molecule has 0 aliphatic rings. The lowest BCUT2D eigenvalue weighted by Crippen LogP contribution is -2.33. The van der Waals surface area contributed by atoms with Crippen LogP contribution in [0.3, 0.4) is 0 Å². The molecule has 24 heavy (non-hydrogen) atoms. The Morgan fingerprint density at radius 3 is 2.50 bits per heavy atom. The number of nitrogens with one attached hydrogen (secondary N) is 2. The predicted molar refractivity (Wildman–Crippen MR) is 95.7 cm³/mol. The van der Waals surface area contributed by atoms with Crippen LogP contribution in [0.4, 0.5) is 10.1 Å². The van der Waals surface area contributed by atoms with Gasteiger partial charge < -0.3 is 15.4 Å². The van der Waals surface area contributed by atoms with Crippen LogP contribution in [0.1, 0.15) is 27.2 Å². The van der Waals surface area contributed by atoms with E-state index in [1.807, 2.05) is 13.8 Å². The number of rotatable bonds is 10. The zero-order valence-corrected chi connectivity index (χ0v) is 15.1. The highest BCUT2D eigenvalue weighted by Crippen LogP contribution is 2.13. The third-order valence-corrected chi connectivity index (χ3v) is 4.18. The molecule has 0 saturated heterocycles. The van der Waals surface area contributed by atoms with Gasteiger partial charge in [-0.25, -0.2) is 4.39 Å². The van der Waals surface area contributed by atoms with Crippen molar-refractivity contribution in [3.05, 3.63) is 30.1 Å². The largest absolute Gasteiger partial charge is 0.379 e. The number of halogens is 1. The number of hydrogen-bond acceptors (Lipinski definition) is 4. The van der Waals surface area contributed by atoms with Crippen LogP contribution in [0.25, 0.3) is 0 Å². The third-order valence-electron chi connectivity index (χ3n) is 3.03. The molecule has 0 aliphatic carbocycles. The van der Waals surface area contributed by atoms with Gasteiger partial charge in [-0.05, 0) is 51.5 Å². The van der Waals surface area contributed by atoms with Gasteiger partial charge in [0, 0.05) is 18.8 Å². The summed E-state index contributed by atoms with van der Waals surface area (Å²) in [5.74, 6) is -0.523. The fraction of sp³-hybridized carbons (Fsp3) is 0.529. The lowest BCUT2D eigenvalue weighted by molar-refractivity contribution is -0.120. The average molecular weight is 356 g/mol. The maximum atomic E-state index is 12.8. The van der Waals surface area contributed by atoms with Crippen LogP contribution >= 0.6 is 11.8 Å². The molecule has 1 unspecified atom stereocenters. The molecular formula is C17H25FN2O3S. The van der Waals surface area contributed by atoms with E-state index in [0.29, 0.717) is 18.8 Å². The van der Waals surface area contributed by atoms with E-state index in [2.05, 4.69) is 10.6 Å². The van der Waals surface area contributed by atoms with Crippen LogP contribution in [-0.4, -0.2) is 42.1 Å². The first kappa shape index (κ1) is 20.4. The lowest BCUT2D eigenvalue weighted by Gasteiger charge is -2.12. The molecule has 0 heterocycles. The van der Waals surface area contributed by atoms with Crippen molar-refractivity contribution in [1.82, 2.24) is 5.32 Å². The second-order valence-corrected chi connectivity index (χ2v) is 6.90. The van der Waals surface area contributed by atoms with Crippen molar-refractivity contribution in [3.63, 3.8) is 0 Å². The number of hydrogen-bond donors (Lipinski definition) is 2. The second-order valence-electron chi connectivity index (χ2n) is 5.57. The number of amides is 2. The molecule has 0 spiro atoms. The van der Waals surface area contributed by atoms with E-state index >= 15 is 0 Å². The zero-order valence-electron chi connectivity index (χ0n) is 14.3. The van der Waals surface area contributed by atoms with Crippen molar-refractivity contribution < 1.29 is 18.7 Å². The monoisotopic (exact) mass is 356 g/mol. The Morgan fingerprint density at radius 1 is 1.21 bits per heavy atom. The minimum Gasteiger partial charge on any atom is -0.379 e. The molecule has 2 N–H and O–H groups in total. The van der Waals surface area contributed by atoms with Gasteiger partial charge >= 0.3 is 0 Å². The van der Waals surface area contributed by atoms with Crippen LogP contribution < -0.4 is 10.6 Å². The number of benzene rings is 1. The molecule has 5 nitrogen and oxygen atoms in total. The number of ether oxygens (including phenoxy) is 1. The molecule has 0 fully saturated rings. The average Bonchev–Trinajstić information content (AvgIpc) is 2.54. The standard InChI is InChI=1S/C17H25FN2O3S/c1-12(2)23-10-4-9-19-17(22)13(3)24-11-16(21)20-15-7-5-14(18)6-8-15/h5-8,12-13H,4,9-11H2,1-3H3,(H,19,22)(H,20,21). The van der Waals surface area contributed by atoms with Gasteiger partial charge in [-0.15, -0.1) is 11.8 Å². The quantitative estimate of drug-likeness (QED) is 0.633. The lowest BCUT2D eigenvalue weighted by atomic mass is 10.3. The molecule has 1 rings (SSSR count). The Labute approximate surface area is 146 Å². The molecule has 134 valence electrons. The van der Waals surface area contributed by atoms with Gasteiger partial charge in [0.05, 0.1) is 17.1 Å². The molecule has 0 aromatic heterocycles. The fourth-order valence-corrected chi connectivity index (χ4v) is 2.46.